The summed E-state index contributed by atoms with van der Waals surface area (Å²) in [6.45, 7) is 5.70. The number of hydrogen-bond donors (Lipinski definition) is 1. The Morgan fingerprint density at radius 3 is 2.47 bits per heavy atom. The predicted octanol–water partition coefficient (Wildman–Crippen LogP) is 3.01. The van der Waals surface area contributed by atoms with Crippen LogP contribution in [0.2, 0.25) is 0 Å². The maximum Gasteiger partial charge on any atom is 0.332 e. The average Bonchev–Trinajstić information content (AvgIpc) is 3.17. The van der Waals surface area contributed by atoms with Gasteiger partial charge in [-0.25, -0.2) is 14.2 Å². The minimum Gasteiger partial charge on any atom is -0.389 e. The van der Waals surface area contributed by atoms with Gasteiger partial charge in [-0.3, -0.25) is 14.6 Å². The summed E-state index contributed by atoms with van der Waals surface area (Å²) in [4.78, 5) is 32.2. The molecule has 156 valence electrons. The highest BCUT2D eigenvalue weighted by Gasteiger charge is 2.43. The number of nitrogens with zero attached hydrogens (tertiary/aromatic N) is 4. The number of anilines is 1. The third-order valence-corrected chi connectivity index (χ3v) is 5.59. The van der Waals surface area contributed by atoms with Crippen LogP contribution in [-0.2, 0) is 11.3 Å². The summed E-state index contributed by atoms with van der Waals surface area (Å²) in [5, 5.41) is 10.6. The van der Waals surface area contributed by atoms with Gasteiger partial charge in [0.15, 0.2) is 0 Å². The first-order valence-electron chi connectivity index (χ1n) is 9.76. The van der Waals surface area contributed by atoms with Crippen LogP contribution in [0.15, 0.2) is 42.7 Å². The van der Waals surface area contributed by atoms with Gasteiger partial charge in [0.1, 0.15) is 11.9 Å². The highest BCUT2D eigenvalue weighted by molar-refractivity contribution is 6.14. The lowest BCUT2D eigenvalue weighted by molar-refractivity contribution is -0.128. The van der Waals surface area contributed by atoms with Crippen molar-refractivity contribution in [1.29, 1.82) is 0 Å². The van der Waals surface area contributed by atoms with Gasteiger partial charge in [-0.1, -0.05) is 0 Å². The Kier molecular flexibility index (Phi) is 5.03. The fourth-order valence-electron chi connectivity index (χ4n) is 3.78. The van der Waals surface area contributed by atoms with E-state index in [1.807, 2.05) is 30.5 Å². The van der Waals surface area contributed by atoms with Crippen LogP contribution in [0.3, 0.4) is 0 Å². The number of urea groups is 1. The van der Waals surface area contributed by atoms with Gasteiger partial charge in [-0.05, 0) is 68.3 Å². The van der Waals surface area contributed by atoms with Crippen LogP contribution in [0, 0.1) is 19.7 Å². The second-order valence-electron chi connectivity index (χ2n) is 7.73. The Labute approximate surface area is 173 Å². The molecule has 0 saturated carbocycles. The van der Waals surface area contributed by atoms with Crippen molar-refractivity contribution in [2.45, 2.75) is 39.5 Å². The largest absolute Gasteiger partial charge is 0.389 e. The molecule has 0 bridgehead atoms. The number of amides is 3. The summed E-state index contributed by atoms with van der Waals surface area (Å²) in [6, 6.07) is 8.14. The van der Waals surface area contributed by atoms with Crippen molar-refractivity contribution < 1.29 is 19.1 Å². The van der Waals surface area contributed by atoms with Crippen LogP contribution in [-0.4, -0.2) is 50.2 Å². The van der Waals surface area contributed by atoms with Gasteiger partial charge in [0.25, 0.3) is 5.91 Å². The van der Waals surface area contributed by atoms with Crippen LogP contribution in [0.4, 0.5) is 14.9 Å². The number of hydrogen-bond acceptors (Lipinski definition) is 4. The van der Waals surface area contributed by atoms with Gasteiger partial charge >= 0.3 is 6.03 Å². The van der Waals surface area contributed by atoms with Gasteiger partial charge in [0, 0.05) is 5.69 Å². The smallest absolute Gasteiger partial charge is 0.332 e. The molecule has 1 N–H and O–H groups in total. The van der Waals surface area contributed by atoms with E-state index in [9.17, 15) is 19.1 Å². The van der Waals surface area contributed by atoms with Crippen molar-refractivity contribution in [1.82, 2.24) is 14.5 Å². The average molecular weight is 410 g/mol. The van der Waals surface area contributed by atoms with Gasteiger partial charge in [-0.2, -0.15) is 0 Å². The number of imide groups is 1. The number of aliphatic hydroxyl groups excluding tert-OH is 1. The topological polar surface area (TPSA) is 78.7 Å². The zero-order valence-corrected chi connectivity index (χ0v) is 17.0. The summed E-state index contributed by atoms with van der Waals surface area (Å²) >= 11 is 0. The van der Waals surface area contributed by atoms with Gasteiger partial charge in [0.05, 0.1) is 36.6 Å². The molecule has 3 amide bonds. The number of benzene rings is 2. The molecule has 0 aliphatic carbocycles. The molecule has 1 fully saturated rings. The van der Waals surface area contributed by atoms with Crippen molar-refractivity contribution in [3.8, 4) is 0 Å². The Morgan fingerprint density at radius 1 is 1.10 bits per heavy atom. The highest BCUT2D eigenvalue weighted by atomic mass is 19.1. The molecule has 1 aliphatic heterocycles. The van der Waals surface area contributed by atoms with E-state index in [0.29, 0.717) is 5.69 Å². The molecule has 30 heavy (non-hydrogen) atoms. The fraction of sp³-hybridized carbons (Fsp3) is 0.318. The van der Waals surface area contributed by atoms with E-state index >= 15 is 0 Å². The molecule has 2 atom stereocenters. The first kappa shape index (κ1) is 20.0. The third kappa shape index (κ3) is 3.43. The number of aromatic nitrogens is 2. The molecule has 2 heterocycles. The first-order chi connectivity index (χ1) is 14.3. The SMILES string of the molecule is Cc1cc2ncn(CC(O)CN3C(=O)C(C)N(c4ccc(F)cc4)C3=O)c2cc1C. The minimum absolute atomic E-state index is 0.135. The third-order valence-electron chi connectivity index (χ3n) is 5.59. The second kappa shape index (κ2) is 7.53. The number of fused-ring (bicyclic) bond motifs is 1. The lowest BCUT2D eigenvalue weighted by Crippen LogP contribution is -2.40. The lowest BCUT2D eigenvalue weighted by atomic mass is 10.1. The second-order valence-corrected chi connectivity index (χ2v) is 7.73. The van der Waals surface area contributed by atoms with E-state index in [4.69, 9.17) is 0 Å². The van der Waals surface area contributed by atoms with Crippen molar-refractivity contribution in [3.05, 3.63) is 59.7 Å². The van der Waals surface area contributed by atoms with E-state index in [2.05, 4.69) is 4.98 Å². The van der Waals surface area contributed by atoms with Gasteiger partial charge in [-0.15, -0.1) is 0 Å². The summed E-state index contributed by atoms with van der Waals surface area (Å²) in [5.74, 6) is -0.819. The molecule has 0 radical (unpaired) electrons. The molecule has 2 unspecified atom stereocenters. The molecule has 8 heteroatoms. The maximum absolute atomic E-state index is 13.2. The number of imidazole rings is 1. The summed E-state index contributed by atoms with van der Waals surface area (Å²) < 4.78 is 15.0. The van der Waals surface area contributed by atoms with Crippen molar-refractivity contribution >= 4 is 28.7 Å². The fourth-order valence-corrected chi connectivity index (χ4v) is 3.78. The van der Waals surface area contributed by atoms with Crippen LogP contribution in [0.1, 0.15) is 18.1 Å². The van der Waals surface area contributed by atoms with Crippen LogP contribution < -0.4 is 4.90 Å². The Hall–Kier alpha value is -3.26. The molecule has 1 saturated heterocycles. The normalized spacial score (nSPS) is 18.0. The van der Waals surface area contributed by atoms with Crippen LogP contribution in [0.5, 0.6) is 0 Å². The zero-order chi connectivity index (χ0) is 21.6. The Bertz CT molecular complexity index is 1130. The molecule has 7 nitrogen and oxygen atoms in total. The van der Waals surface area contributed by atoms with Crippen molar-refractivity contribution in [2.24, 2.45) is 0 Å². The highest BCUT2D eigenvalue weighted by Crippen LogP contribution is 2.26. The summed E-state index contributed by atoms with van der Waals surface area (Å²) in [6.07, 6.45) is 0.686. The number of carbonyl (C=O) groups excluding carboxylic acids is 2. The Balaban J connectivity index is 1.51. The number of β-amino-alcohol motifs (C(OH)–C–C–N with tert-alkyl or cyclic N) is 1. The van der Waals surface area contributed by atoms with Crippen LogP contribution >= 0.6 is 0 Å². The first-order valence-corrected chi connectivity index (χ1v) is 9.76. The number of carbonyl (C=O) groups is 2. The lowest BCUT2D eigenvalue weighted by Gasteiger charge is -2.21. The predicted molar refractivity (Wildman–Crippen MR) is 111 cm³/mol. The van der Waals surface area contributed by atoms with Crippen molar-refractivity contribution in [2.75, 3.05) is 11.4 Å². The van der Waals surface area contributed by atoms with E-state index < -0.39 is 29.9 Å². The van der Waals surface area contributed by atoms with E-state index in [1.165, 1.54) is 29.2 Å². The molecule has 4 rings (SSSR count). The standard InChI is InChI=1S/C22H23FN4O3/c1-13-8-19-20(9-14(13)2)25(12-24-19)10-18(28)11-26-21(29)15(3)27(22(26)30)17-6-4-16(23)5-7-17/h4-9,12,15,18,28H,10-11H2,1-3H3. The minimum atomic E-state index is -0.961. The molecule has 1 aliphatic rings. The van der Waals surface area contributed by atoms with Crippen LogP contribution in [0.25, 0.3) is 11.0 Å². The quantitative estimate of drug-likeness (QED) is 0.656. The van der Waals surface area contributed by atoms with Gasteiger partial charge in [0.2, 0.25) is 0 Å². The zero-order valence-electron chi connectivity index (χ0n) is 17.0. The monoisotopic (exact) mass is 410 g/mol. The van der Waals surface area contributed by atoms with Gasteiger partial charge < -0.3 is 9.67 Å². The van der Waals surface area contributed by atoms with E-state index in [1.54, 1.807) is 13.3 Å². The molecule has 3 aromatic rings. The molecule has 0 spiro atoms. The number of halogens is 1. The number of aliphatic hydroxyl groups is 1. The summed E-state index contributed by atoms with van der Waals surface area (Å²) in [5.41, 5.74) is 4.40. The van der Waals surface area contributed by atoms with E-state index in [0.717, 1.165) is 27.1 Å². The molecular weight excluding hydrogens is 387 g/mol. The number of rotatable bonds is 5. The van der Waals surface area contributed by atoms with E-state index in [-0.39, 0.29) is 13.1 Å². The van der Waals surface area contributed by atoms with Crippen molar-refractivity contribution in [3.63, 3.8) is 0 Å². The maximum atomic E-state index is 13.2. The molecule has 1 aromatic heterocycles. The summed E-state index contributed by atoms with van der Waals surface area (Å²) in [7, 11) is 0. The molecular formula is C22H23FN4O3. The Morgan fingerprint density at radius 2 is 1.77 bits per heavy atom. The number of aryl methyl sites for hydroxylation is 2. The molecule has 2 aromatic carbocycles.